The molecule has 3 aromatic rings. The van der Waals surface area contributed by atoms with Crippen LogP contribution >= 0.6 is 0 Å². The summed E-state index contributed by atoms with van der Waals surface area (Å²) in [5.74, 6) is -0.719. The lowest BCUT2D eigenvalue weighted by Crippen LogP contribution is -2.15. The standard InChI is InChI=1S/C22H19N3O5/c1-14-6-3-4-9-18(14)22(27)24-17-8-5-7-16(13-17)23-21(26)15-10-11-20(30-2)19(12-15)25(28)29/h3-13H,1-2H3,(H,23,26)(H,24,27). The fourth-order valence-electron chi connectivity index (χ4n) is 2.88. The van der Waals surface area contributed by atoms with Crippen molar-refractivity contribution in [3.8, 4) is 5.75 Å². The van der Waals surface area contributed by atoms with Gasteiger partial charge in [-0.2, -0.15) is 0 Å². The molecule has 0 radical (unpaired) electrons. The molecule has 0 aliphatic heterocycles. The second-order valence-electron chi connectivity index (χ2n) is 6.45. The molecule has 8 nitrogen and oxygen atoms in total. The number of hydrogen-bond donors (Lipinski definition) is 2. The minimum atomic E-state index is -0.614. The average molecular weight is 405 g/mol. The first-order valence-corrected chi connectivity index (χ1v) is 9.00. The number of ether oxygens (including phenoxy) is 1. The first-order valence-electron chi connectivity index (χ1n) is 9.00. The van der Waals surface area contributed by atoms with E-state index in [2.05, 4.69) is 10.6 Å². The van der Waals surface area contributed by atoms with Crippen LogP contribution < -0.4 is 15.4 Å². The molecular formula is C22H19N3O5. The average Bonchev–Trinajstić information content (AvgIpc) is 2.73. The second-order valence-corrected chi connectivity index (χ2v) is 6.45. The molecule has 152 valence electrons. The van der Waals surface area contributed by atoms with E-state index in [1.807, 2.05) is 19.1 Å². The van der Waals surface area contributed by atoms with Crippen LogP contribution in [-0.2, 0) is 0 Å². The summed E-state index contributed by atoms with van der Waals surface area (Å²) in [5, 5.41) is 16.6. The number of nitro groups is 1. The van der Waals surface area contributed by atoms with E-state index in [4.69, 9.17) is 4.74 Å². The van der Waals surface area contributed by atoms with Crippen LogP contribution in [-0.4, -0.2) is 23.8 Å². The van der Waals surface area contributed by atoms with E-state index in [9.17, 15) is 19.7 Å². The third-order valence-corrected chi connectivity index (χ3v) is 4.41. The van der Waals surface area contributed by atoms with Gasteiger partial charge in [-0.25, -0.2) is 0 Å². The monoisotopic (exact) mass is 405 g/mol. The first-order chi connectivity index (χ1) is 14.4. The lowest BCUT2D eigenvalue weighted by atomic mass is 10.1. The van der Waals surface area contributed by atoms with Crippen LogP contribution in [0.2, 0.25) is 0 Å². The Morgan fingerprint density at radius 3 is 2.20 bits per heavy atom. The number of amides is 2. The van der Waals surface area contributed by atoms with Gasteiger partial charge in [0.25, 0.3) is 11.8 Å². The Morgan fingerprint density at radius 1 is 0.900 bits per heavy atom. The highest BCUT2D eigenvalue weighted by molar-refractivity contribution is 6.07. The SMILES string of the molecule is COc1ccc(C(=O)Nc2cccc(NC(=O)c3ccccc3C)c2)cc1[N+](=O)[O-]. The highest BCUT2D eigenvalue weighted by Gasteiger charge is 2.18. The van der Waals surface area contributed by atoms with Crippen LogP contribution in [0.5, 0.6) is 5.75 Å². The highest BCUT2D eigenvalue weighted by Crippen LogP contribution is 2.28. The van der Waals surface area contributed by atoms with Crippen molar-refractivity contribution in [2.24, 2.45) is 0 Å². The largest absolute Gasteiger partial charge is 0.490 e. The third kappa shape index (κ3) is 4.61. The predicted molar refractivity (Wildman–Crippen MR) is 113 cm³/mol. The van der Waals surface area contributed by atoms with Gasteiger partial charge in [-0.1, -0.05) is 24.3 Å². The molecule has 0 heterocycles. The van der Waals surface area contributed by atoms with E-state index in [1.54, 1.807) is 36.4 Å². The molecule has 3 rings (SSSR count). The number of benzene rings is 3. The summed E-state index contributed by atoms with van der Waals surface area (Å²) in [4.78, 5) is 35.5. The maximum Gasteiger partial charge on any atom is 0.311 e. The van der Waals surface area contributed by atoms with Crippen LogP contribution in [0.1, 0.15) is 26.3 Å². The molecule has 0 bridgehead atoms. The Morgan fingerprint density at radius 2 is 1.57 bits per heavy atom. The van der Waals surface area contributed by atoms with Gasteiger partial charge >= 0.3 is 5.69 Å². The van der Waals surface area contributed by atoms with E-state index in [1.165, 1.54) is 19.2 Å². The zero-order valence-electron chi connectivity index (χ0n) is 16.3. The van der Waals surface area contributed by atoms with E-state index in [0.29, 0.717) is 16.9 Å². The maximum absolute atomic E-state index is 12.5. The summed E-state index contributed by atoms with van der Waals surface area (Å²) < 4.78 is 4.94. The van der Waals surface area contributed by atoms with E-state index in [-0.39, 0.29) is 22.9 Å². The van der Waals surface area contributed by atoms with Gasteiger partial charge in [0.15, 0.2) is 5.75 Å². The van der Waals surface area contributed by atoms with Crippen LogP contribution in [0.4, 0.5) is 17.1 Å². The van der Waals surface area contributed by atoms with Crippen molar-refractivity contribution >= 4 is 28.9 Å². The number of hydrogen-bond acceptors (Lipinski definition) is 5. The quantitative estimate of drug-likeness (QED) is 0.466. The lowest BCUT2D eigenvalue weighted by Gasteiger charge is -2.10. The summed E-state index contributed by atoms with van der Waals surface area (Å²) in [7, 11) is 1.32. The molecular weight excluding hydrogens is 386 g/mol. The molecule has 2 N–H and O–H groups in total. The molecule has 3 aromatic carbocycles. The number of nitro benzene ring substituents is 1. The molecule has 0 aromatic heterocycles. The minimum Gasteiger partial charge on any atom is -0.490 e. The van der Waals surface area contributed by atoms with Crippen molar-refractivity contribution in [3.05, 3.63) is 93.5 Å². The molecule has 2 amide bonds. The van der Waals surface area contributed by atoms with Crippen LogP contribution in [0, 0.1) is 17.0 Å². The second kappa shape index (κ2) is 8.87. The third-order valence-electron chi connectivity index (χ3n) is 4.41. The van der Waals surface area contributed by atoms with Crippen molar-refractivity contribution in [3.63, 3.8) is 0 Å². The maximum atomic E-state index is 12.5. The molecule has 0 unspecified atom stereocenters. The summed E-state index contributed by atoms with van der Waals surface area (Å²) >= 11 is 0. The van der Waals surface area contributed by atoms with Gasteiger partial charge in [-0.15, -0.1) is 0 Å². The topological polar surface area (TPSA) is 111 Å². The normalized spacial score (nSPS) is 10.2. The number of aryl methyl sites for hydroxylation is 1. The first kappa shape index (κ1) is 20.5. The van der Waals surface area contributed by atoms with Gasteiger partial charge < -0.3 is 15.4 Å². The number of carbonyl (C=O) groups is 2. The molecule has 0 fully saturated rings. The zero-order valence-corrected chi connectivity index (χ0v) is 16.3. The van der Waals surface area contributed by atoms with Crippen molar-refractivity contribution in [1.82, 2.24) is 0 Å². The number of anilines is 2. The van der Waals surface area contributed by atoms with Gasteiger partial charge in [0.05, 0.1) is 12.0 Å². The summed E-state index contributed by atoms with van der Waals surface area (Å²) in [6.45, 7) is 1.85. The van der Waals surface area contributed by atoms with Crippen molar-refractivity contribution in [2.45, 2.75) is 6.92 Å². The Kier molecular flexibility index (Phi) is 6.07. The number of rotatable bonds is 6. The summed E-state index contributed by atoms with van der Waals surface area (Å²) in [5.41, 5.74) is 2.14. The van der Waals surface area contributed by atoms with Gasteiger partial charge in [0.2, 0.25) is 0 Å². The number of carbonyl (C=O) groups excluding carboxylic acids is 2. The van der Waals surface area contributed by atoms with Crippen molar-refractivity contribution in [2.75, 3.05) is 17.7 Å². The molecule has 8 heteroatoms. The zero-order chi connectivity index (χ0) is 21.7. The molecule has 30 heavy (non-hydrogen) atoms. The van der Waals surface area contributed by atoms with Gasteiger partial charge in [-0.3, -0.25) is 19.7 Å². The molecule has 0 aliphatic carbocycles. The van der Waals surface area contributed by atoms with Crippen LogP contribution in [0.25, 0.3) is 0 Å². The highest BCUT2D eigenvalue weighted by atomic mass is 16.6. The Labute approximate surface area is 172 Å². The molecule has 0 saturated heterocycles. The number of nitrogens with one attached hydrogen (secondary N) is 2. The van der Waals surface area contributed by atoms with Crippen LogP contribution in [0.3, 0.4) is 0 Å². The fourth-order valence-corrected chi connectivity index (χ4v) is 2.88. The Bertz CT molecular complexity index is 1130. The van der Waals surface area contributed by atoms with Gasteiger partial charge in [0, 0.05) is 28.6 Å². The fraction of sp³-hybridized carbons (Fsp3) is 0.0909. The minimum absolute atomic E-state index is 0.0671. The summed E-state index contributed by atoms with van der Waals surface area (Å²) in [6.07, 6.45) is 0. The van der Waals surface area contributed by atoms with E-state index in [0.717, 1.165) is 11.6 Å². The van der Waals surface area contributed by atoms with E-state index < -0.39 is 10.8 Å². The lowest BCUT2D eigenvalue weighted by molar-refractivity contribution is -0.385. The number of nitrogens with zero attached hydrogens (tertiary/aromatic N) is 1. The summed E-state index contributed by atoms with van der Waals surface area (Å²) in [6, 6.07) is 17.8. The van der Waals surface area contributed by atoms with Crippen molar-refractivity contribution < 1.29 is 19.2 Å². The molecule has 0 atom stereocenters. The predicted octanol–water partition coefficient (Wildman–Crippen LogP) is 4.42. The van der Waals surface area contributed by atoms with Gasteiger partial charge in [0.1, 0.15) is 0 Å². The number of methoxy groups -OCH3 is 1. The van der Waals surface area contributed by atoms with Gasteiger partial charge in [-0.05, 0) is 48.9 Å². The molecule has 0 aliphatic rings. The molecule has 0 spiro atoms. The smallest absolute Gasteiger partial charge is 0.311 e. The van der Waals surface area contributed by atoms with Crippen molar-refractivity contribution in [1.29, 1.82) is 0 Å². The Balaban J connectivity index is 1.76. The van der Waals surface area contributed by atoms with Crippen LogP contribution in [0.15, 0.2) is 66.7 Å². The molecule has 0 saturated carbocycles. The Hall–Kier alpha value is -4.20. The van der Waals surface area contributed by atoms with E-state index >= 15 is 0 Å².